The number of aliphatic hydroxyl groups is 1. The number of nitrogens with zero attached hydrogens (tertiary/aromatic N) is 4. The predicted molar refractivity (Wildman–Crippen MR) is 194 cm³/mol. The van der Waals surface area contributed by atoms with Gasteiger partial charge in [-0.05, 0) is 47.9 Å². The number of hydrogen-bond acceptors (Lipinski definition) is 11. The second kappa shape index (κ2) is 13.8. The van der Waals surface area contributed by atoms with Gasteiger partial charge in [0.25, 0.3) is 5.91 Å². The van der Waals surface area contributed by atoms with Crippen molar-refractivity contribution in [3.8, 4) is 22.1 Å². The first-order chi connectivity index (χ1) is 23.9. The van der Waals surface area contributed by atoms with Crippen LogP contribution in [0.15, 0.2) is 107 Å². The molecule has 9 nitrogen and oxygen atoms in total. The Bertz CT molecular complexity index is 2220. The van der Waals surface area contributed by atoms with E-state index in [2.05, 4.69) is 39.4 Å². The highest BCUT2D eigenvalue weighted by atomic mass is 32.2. The lowest BCUT2D eigenvalue weighted by atomic mass is 9.95. The van der Waals surface area contributed by atoms with Gasteiger partial charge < -0.3 is 14.6 Å². The van der Waals surface area contributed by atoms with Gasteiger partial charge in [0.15, 0.2) is 21.6 Å². The number of aryl methyl sites for hydroxylation is 1. The standard InChI is InChI=1S/C37H30N4O5S3/c1-4-46-27-18-17-24(19-28(27)45-3)30-29(31(42)33-21(2)38-34(48-33)23-12-6-5-7-13-23)32(43)35(44)41(30)36-39-40-37(49-36)47-20-25-15-10-14-22-11-8-9-16-26(22)25/h5-19,30,43H,4,20H2,1-3H3/t30-/m0/s1. The van der Waals surface area contributed by atoms with Gasteiger partial charge in [0, 0.05) is 11.3 Å². The molecule has 4 aromatic carbocycles. The zero-order valence-electron chi connectivity index (χ0n) is 26.7. The van der Waals surface area contributed by atoms with Crippen LogP contribution in [-0.4, -0.2) is 45.7 Å². The number of aliphatic hydroxyl groups excluding tert-OH is 1. The third-order valence-electron chi connectivity index (χ3n) is 8.11. The first-order valence-electron chi connectivity index (χ1n) is 15.5. The number of rotatable bonds is 11. The summed E-state index contributed by atoms with van der Waals surface area (Å²) in [6.45, 7) is 4.04. The molecule has 0 spiro atoms. The van der Waals surface area contributed by atoms with Gasteiger partial charge in [-0.2, -0.15) is 0 Å². The fourth-order valence-electron chi connectivity index (χ4n) is 5.83. The van der Waals surface area contributed by atoms with E-state index in [1.807, 2.05) is 55.5 Å². The summed E-state index contributed by atoms with van der Waals surface area (Å²) in [6, 6.07) is 28.1. The van der Waals surface area contributed by atoms with Crippen LogP contribution in [0.2, 0.25) is 0 Å². The van der Waals surface area contributed by atoms with Crippen LogP contribution in [0.5, 0.6) is 11.5 Å². The number of Topliss-reactive ketones (excluding diaryl/α,β-unsaturated/α-hetero) is 1. The van der Waals surface area contributed by atoms with E-state index in [9.17, 15) is 14.7 Å². The zero-order chi connectivity index (χ0) is 34.1. The molecule has 0 radical (unpaired) electrons. The number of carbonyl (C=O) groups excluding carboxylic acids is 2. The molecule has 246 valence electrons. The fourth-order valence-corrected chi connectivity index (χ4v) is 8.73. The number of methoxy groups -OCH3 is 1. The quantitative estimate of drug-likeness (QED) is 0.0804. The maximum absolute atomic E-state index is 14.4. The Balaban J connectivity index is 1.26. The van der Waals surface area contributed by atoms with Crippen molar-refractivity contribution in [1.29, 1.82) is 0 Å². The molecular formula is C37H30N4O5S3. The van der Waals surface area contributed by atoms with E-state index in [0.29, 0.717) is 49.3 Å². The Morgan fingerprint density at radius 2 is 1.73 bits per heavy atom. The normalized spacial score (nSPS) is 14.6. The van der Waals surface area contributed by atoms with Crippen LogP contribution >= 0.6 is 34.4 Å². The van der Waals surface area contributed by atoms with Crippen LogP contribution in [0.1, 0.15) is 39.5 Å². The van der Waals surface area contributed by atoms with Gasteiger partial charge >= 0.3 is 0 Å². The molecule has 0 unspecified atom stereocenters. The monoisotopic (exact) mass is 706 g/mol. The number of hydrogen-bond donors (Lipinski definition) is 1. The highest BCUT2D eigenvalue weighted by Gasteiger charge is 2.47. The maximum atomic E-state index is 14.4. The van der Waals surface area contributed by atoms with Crippen molar-refractivity contribution < 1.29 is 24.2 Å². The van der Waals surface area contributed by atoms with Crippen molar-refractivity contribution in [2.45, 2.75) is 30.0 Å². The largest absolute Gasteiger partial charge is 0.503 e. The van der Waals surface area contributed by atoms with Gasteiger partial charge in [0.05, 0.1) is 35.9 Å². The minimum Gasteiger partial charge on any atom is -0.503 e. The van der Waals surface area contributed by atoms with Crippen LogP contribution in [0.25, 0.3) is 21.3 Å². The number of anilines is 1. The molecule has 12 heteroatoms. The average molecular weight is 707 g/mol. The molecule has 2 aromatic heterocycles. The summed E-state index contributed by atoms with van der Waals surface area (Å²) in [5, 5.41) is 23.5. The molecule has 1 amide bonds. The fraction of sp³-hybridized carbons (Fsp3) is 0.162. The minimum atomic E-state index is -1.02. The molecule has 0 bridgehead atoms. The van der Waals surface area contributed by atoms with Crippen molar-refractivity contribution in [3.05, 3.63) is 124 Å². The summed E-state index contributed by atoms with van der Waals surface area (Å²) in [7, 11) is 1.52. The molecule has 1 atom stereocenters. The molecule has 1 N–H and O–H groups in total. The van der Waals surface area contributed by atoms with Crippen LogP contribution in [0.4, 0.5) is 5.13 Å². The summed E-state index contributed by atoms with van der Waals surface area (Å²) >= 11 is 3.96. The van der Waals surface area contributed by atoms with Crippen molar-refractivity contribution in [2.24, 2.45) is 0 Å². The molecule has 3 heterocycles. The van der Waals surface area contributed by atoms with Gasteiger partial charge in [-0.3, -0.25) is 14.5 Å². The molecule has 0 saturated carbocycles. The Kier molecular flexibility index (Phi) is 9.17. The molecule has 0 fully saturated rings. The van der Waals surface area contributed by atoms with Crippen LogP contribution in [0.3, 0.4) is 0 Å². The summed E-state index contributed by atoms with van der Waals surface area (Å²) in [4.78, 5) is 34.7. The summed E-state index contributed by atoms with van der Waals surface area (Å²) in [5.41, 5.74) is 2.99. The molecule has 6 aromatic rings. The van der Waals surface area contributed by atoms with Crippen molar-refractivity contribution in [2.75, 3.05) is 18.6 Å². The maximum Gasteiger partial charge on any atom is 0.296 e. The third-order valence-corrected chi connectivity index (χ3v) is 11.4. The highest BCUT2D eigenvalue weighted by molar-refractivity contribution is 8.00. The Morgan fingerprint density at radius 1 is 0.959 bits per heavy atom. The second-order valence-electron chi connectivity index (χ2n) is 11.1. The molecule has 1 aliphatic rings. The number of amides is 1. The third kappa shape index (κ3) is 6.18. The highest BCUT2D eigenvalue weighted by Crippen LogP contribution is 2.46. The molecule has 0 saturated heterocycles. The van der Waals surface area contributed by atoms with E-state index in [1.165, 1.54) is 46.4 Å². The first-order valence-corrected chi connectivity index (χ1v) is 18.1. The first kappa shape index (κ1) is 32.5. The number of carbonyl (C=O) groups is 2. The van der Waals surface area contributed by atoms with Crippen molar-refractivity contribution in [3.63, 3.8) is 0 Å². The number of thiazole rings is 1. The van der Waals surface area contributed by atoms with E-state index in [4.69, 9.17) is 9.47 Å². The van der Waals surface area contributed by atoms with Gasteiger partial charge in [0.1, 0.15) is 5.01 Å². The van der Waals surface area contributed by atoms with E-state index < -0.39 is 23.5 Å². The van der Waals surface area contributed by atoms with Gasteiger partial charge in [-0.15, -0.1) is 21.5 Å². The van der Waals surface area contributed by atoms with Gasteiger partial charge in [0.2, 0.25) is 10.9 Å². The second-order valence-corrected chi connectivity index (χ2v) is 14.3. The van der Waals surface area contributed by atoms with Crippen LogP contribution < -0.4 is 14.4 Å². The van der Waals surface area contributed by atoms with Crippen molar-refractivity contribution in [1.82, 2.24) is 15.2 Å². The number of fused-ring (bicyclic) bond motifs is 1. The average Bonchev–Trinajstić information content (AvgIpc) is 3.83. The van der Waals surface area contributed by atoms with E-state index in [1.54, 1.807) is 25.1 Å². The lowest BCUT2D eigenvalue weighted by molar-refractivity contribution is -0.117. The molecule has 0 aliphatic carbocycles. The molecule has 1 aliphatic heterocycles. The zero-order valence-corrected chi connectivity index (χ0v) is 29.2. The Hall–Kier alpha value is -5.04. The van der Waals surface area contributed by atoms with Crippen molar-refractivity contribution >= 4 is 62.0 Å². The lowest BCUT2D eigenvalue weighted by Crippen LogP contribution is -2.31. The predicted octanol–water partition coefficient (Wildman–Crippen LogP) is 8.61. The van der Waals surface area contributed by atoms with Crippen LogP contribution in [-0.2, 0) is 10.5 Å². The smallest absolute Gasteiger partial charge is 0.296 e. The topological polar surface area (TPSA) is 115 Å². The number of ketones is 1. The van der Waals surface area contributed by atoms with E-state index in [0.717, 1.165) is 21.9 Å². The molecule has 7 rings (SSSR count). The number of ether oxygens (including phenoxy) is 2. The summed E-state index contributed by atoms with van der Waals surface area (Å²) in [5.74, 6) is -0.289. The van der Waals surface area contributed by atoms with E-state index in [-0.39, 0.29) is 10.7 Å². The lowest BCUT2D eigenvalue weighted by Gasteiger charge is -2.24. The molecule has 49 heavy (non-hydrogen) atoms. The minimum absolute atomic E-state index is 0.0669. The SMILES string of the molecule is CCOc1ccc([C@H]2C(C(=O)c3sc(-c4ccccc4)nc3C)=C(O)C(=O)N2c2nnc(SCc3cccc4ccccc34)s2)cc1OC. The Morgan fingerprint density at radius 3 is 2.53 bits per heavy atom. The summed E-state index contributed by atoms with van der Waals surface area (Å²) < 4.78 is 12.0. The number of benzene rings is 4. The van der Waals surface area contributed by atoms with E-state index >= 15 is 0 Å². The molecular weight excluding hydrogens is 677 g/mol. The number of aromatic nitrogens is 3. The van der Waals surface area contributed by atoms with Crippen LogP contribution in [0, 0.1) is 6.92 Å². The van der Waals surface area contributed by atoms with Gasteiger partial charge in [-0.1, -0.05) is 102 Å². The summed E-state index contributed by atoms with van der Waals surface area (Å²) in [6.07, 6.45) is 0. The Labute approximate surface area is 294 Å². The number of thioether (sulfide) groups is 1. The van der Waals surface area contributed by atoms with Gasteiger partial charge in [-0.25, -0.2) is 4.98 Å².